The molecule has 0 radical (unpaired) electrons. The summed E-state index contributed by atoms with van der Waals surface area (Å²) in [5, 5.41) is 16.5. The van der Waals surface area contributed by atoms with Gasteiger partial charge in [-0.15, -0.1) is 0 Å². The van der Waals surface area contributed by atoms with E-state index in [1.807, 2.05) is 0 Å². The van der Waals surface area contributed by atoms with Gasteiger partial charge >= 0.3 is 5.97 Å². The highest BCUT2D eigenvalue weighted by Gasteiger charge is 2.04. The highest BCUT2D eigenvalue weighted by molar-refractivity contribution is 5.90. The molecule has 0 aromatic heterocycles. The van der Waals surface area contributed by atoms with Crippen LogP contribution in [0, 0.1) is 11.3 Å². The number of carbonyl (C=O) groups is 1. The van der Waals surface area contributed by atoms with Crippen LogP contribution < -0.4 is 0 Å². The molecule has 54 valence electrons. The number of hydrogen-bond donors (Lipinski definition) is 1. The van der Waals surface area contributed by atoms with E-state index in [2.05, 4.69) is 0 Å². The van der Waals surface area contributed by atoms with Crippen molar-refractivity contribution >= 4 is 5.97 Å². The topological polar surface area (TPSA) is 64.3 Å². The predicted molar refractivity (Wildman–Crippen MR) is 35.0 cm³/mol. The quantitative estimate of drug-likeness (QED) is 0.434. The lowest BCUT2D eigenvalue weighted by Crippen LogP contribution is -2.07. The van der Waals surface area contributed by atoms with Crippen molar-refractivity contribution in [3.63, 3.8) is 0 Å². The first kappa shape index (κ1) is 8.50. The fraction of sp³-hybridized carbons (Fsp3) is 0.333. The molecule has 0 fully saturated rings. The molecule has 0 saturated carbocycles. The van der Waals surface area contributed by atoms with Gasteiger partial charge in [0.05, 0.1) is 0 Å². The Bertz CT molecular complexity index is 200. The summed E-state index contributed by atoms with van der Waals surface area (Å²) in [4.78, 5) is 11.7. The van der Waals surface area contributed by atoms with Crippen molar-refractivity contribution in [3.05, 3.63) is 11.8 Å². The Hall–Kier alpha value is -1.50. The molecule has 10 heavy (non-hydrogen) atoms. The number of nitrogens with zero attached hydrogens (tertiary/aromatic N) is 2. The van der Waals surface area contributed by atoms with E-state index < -0.39 is 5.97 Å². The van der Waals surface area contributed by atoms with Gasteiger partial charge in [0, 0.05) is 20.3 Å². The molecule has 4 nitrogen and oxygen atoms in total. The lowest BCUT2D eigenvalue weighted by Gasteiger charge is -2.02. The van der Waals surface area contributed by atoms with Crippen molar-refractivity contribution in [2.24, 2.45) is 0 Å². The average Bonchev–Trinajstić information content (AvgIpc) is 1.81. The van der Waals surface area contributed by atoms with Crippen LogP contribution in [0.15, 0.2) is 11.8 Å². The predicted octanol–water partition coefficient (Wildman–Crippen LogP) is 0.0401. The number of carboxylic acid groups (broad SMARTS) is 1. The zero-order valence-electron chi connectivity index (χ0n) is 5.83. The van der Waals surface area contributed by atoms with Crippen molar-refractivity contribution in [3.8, 4) is 6.07 Å². The second kappa shape index (κ2) is 3.51. The summed E-state index contributed by atoms with van der Waals surface area (Å²) in [6.07, 6.45) is 1.25. The molecule has 0 aromatic rings. The maximum absolute atomic E-state index is 10.1. The van der Waals surface area contributed by atoms with Crippen LogP contribution >= 0.6 is 0 Å². The van der Waals surface area contributed by atoms with Crippen molar-refractivity contribution in [2.75, 3.05) is 14.1 Å². The number of rotatable bonds is 2. The van der Waals surface area contributed by atoms with Crippen LogP contribution in [0.4, 0.5) is 0 Å². The summed E-state index contributed by atoms with van der Waals surface area (Å²) in [5.41, 5.74) is -0.259. The highest BCUT2D eigenvalue weighted by atomic mass is 16.4. The molecule has 1 N–H and O–H groups in total. The van der Waals surface area contributed by atoms with Crippen molar-refractivity contribution in [2.45, 2.75) is 0 Å². The molecule has 0 unspecified atom stereocenters. The molecule has 0 bridgehead atoms. The maximum atomic E-state index is 10.1. The van der Waals surface area contributed by atoms with Crippen LogP contribution in [0.3, 0.4) is 0 Å². The summed E-state index contributed by atoms with van der Waals surface area (Å²) in [5.74, 6) is -1.20. The monoisotopic (exact) mass is 140 g/mol. The minimum Gasteiger partial charge on any atom is -0.477 e. The smallest absolute Gasteiger partial charge is 0.347 e. The summed E-state index contributed by atoms with van der Waals surface area (Å²) in [6, 6.07) is 1.55. The van der Waals surface area contributed by atoms with Crippen molar-refractivity contribution < 1.29 is 9.90 Å². The zero-order valence-corrected chi connectivity index (χ0v) is 5.83. The van der Waals surface area contributed by atoms with Gasteiger partial charge in [0.1, 0.15) is 6.07 Å². The van der Waals surface area contributed by atoms with Gasteiger partial charge in [-0.25, -0.2) is 4.79 Å². The van der Waals surface area contributed by atoms with E-state index in [0.29, 0.717) is 0 Å². The summed E-state index contributed by atoms with van der Waals surface area (Å²) >= 11 is 0. The third kappa shape index (κ3) is 2.72. The molecule has 0 spiro atoms. The van der Waals surface area contributed by atoms with Gasteiger partial charge in [-0.3, -0.25) is 0 Å². The largest absolute Gasteiger partial charge is 0.477 e. The minimum absolute atomic E-state index is 0.259. The van der Waals surface area contributed by atoms with Gasteiger partial charge in [0.2, 0.25) is 0 Å². The highest BCUT2D eigenvalue weighted by Crippen LogP contribution is 1.92. The molecule has 0 amide bonds. The van der Waals surface area contributed by atoms with Gasteiger partial charge in [0.25, 0.3) is 0 Å². The van der Waals surface area contributed by atoms with Crippen LogP contribution in [0.5, 0.6) is 0 Å². The Morgan fingerprint density at radius 3 is 2.30 bits per heavy atom. The fourth-order valence-electron chi connectivity index (χ4n) is 0.390. The first-order valence-electron chi connectivity index (χ1n) is 2.59. The summed E-state index contributed by atoms with van der Waals surface area (Å²) in [6.45, 7) is 0. The fourth-order valence-corrected chi connectivity index (χ4v) is 0.390. The van der Waals surface area contributed by atoms with Crippen LogP contribution in [0.25, 0.3) is 0 Å². The molecule has 4 heteroatoms. The van der Waals surface area contributed by atoms with Gasteiger partial charge in [0.15, 0.2) is 5.57 Å². The van der Waals surface area contributed by atoms with E-state index in [0.717, 1.165) is 0 Å². The van der Waals surface area contributed by atoms with Gasteiger partial charge in [-0.1, -0.05) is 0 Å². The number of carboxylic acids is 1. The van der Waals surface area contributed by atoms with Crippen molar-refractivity contribution in [1.82, 2.24) is 4.90 Å². The third-order valence-electron chi connectivity index (χ3n) is 0.738. The summed E-state index contributed by atoms with van der Waals surface area (Å²) < 4.78 is 0. The SMILES string of the molecule is CN(C)C=C(C#N)C(=O)O. The van der Waals surface area contributed by atoms with Crippen LogP contribution in [0.1, 0.15) is 0 Å². The standard InChI is InChI=1S/C6H8N2O2/c1-8(2)4-5(3-7)6(9)10/h4H,1-2H3,(H,9,10). The Morgan fingerprint density at radius 2 is 2.20 bits per heavy atom. The first-order valence-corrected chi connectivity index (χ1v) is 2.59. The van der Waals surface area contributed by atoms with Crippen LogP contribution in [0.2, 0.25) is 0 Å². The van der Waals surface area contributed by atoms with E-state index in [-0.39, 0.29) is 5.57 Å². The van der Waals surface area contributed by atoms with Crippen molar-refractivity contribution in [1.29, 1.82) is 5.26 Å². The molecule has 0 aromatic carbocycles. The molecule has 0 rings (SSSR count). The second-order valence-electron chi connectivity index (χ2n) is 1.92. The van der Waals surface area contributed by atoms with Gasteiger partial charge < -0.3 is 10.0 Å². The molecular weight excluding hydrogens is 132 g/mol. The second-order valence-corrected chi connectivity index (χ2v) is 1.92. The molecule has 0 aliphatic carbocycles. The van der Waals surface area contributed by atoms with E-state index >= 15 is 0 Å². The van der Waals surface area contributed by atoms with Crippen LogP contribution in [-0.2, 0) is 4.79 Å². The first-order chi connectivity index (χ1) is 4.57. The lowest BCUT2D eigenvalue weighted by molar-refractivity contribution is -0.132. The Labute approximate surface area is 59.0 Å². The lowest BCUT2D eigenvalue weighted by atomic mass is 10.3. The van der Waals surface area contributed by atoms with E-state index in [1.165, 1.54) is 11.1 Å². The maximum Gasteiger partial charge on any atom is 0.347 e. The Kier molecular flexibility index (Phi) is 2.98. The summed E-state index contributed by atoms with van der Waals surface area (Å²) in [7, 11) is 3.31. The molecule has 0 heterocycles. The minimum atomic E-state index is -1.20. The van der Waals surface area contributed by atoms with Gasteiger partial charge in [-0.05, 0) is 0 Å². The van der Waals surface area contributed by atoms with E-state index in [4.69, 9.17) is 10.4 Å². The Morgan fingerprint density at radius 1 is 1.70 bits per heavy atom. The molecule has 0 atom stereocenters. The molecular formula is C6H8N2O2. The number of hydrogen-bond acceptors (Lipinski definition) is 3. The van der Waals surface area contributed by atoms with E-state index in [1.54, 1.807) is 20.2 Å². The number of aliphatic carboxylic acids is 1. The average molecular weight is 140 g/mol. The zero-order chi connectivity index (χ0) is 8.15. The number of nitriles is 1. The Balaban J connectivity index is 4.39. The van der Waals surface area contributed by atoms with Crippen LogP contribution in [-0.4, -0.2) is 30.1 Å². The normalized spacial score (nSPS) is 10.3. The van der Waals surface area contributed by atoms with E-state index in [9.17, 15) is 4.79 Å². The molecule has 0 aliphatic heterocycles. The molecule has 0 saturated heterocycles. The molecule has 0 aliphatic rings. The van der Waals surface area contributed by atoms with Gasteiger partial charge in [-0.2, -0.15) is 5.26 Å². The third-order valence-corrected chi connectivity index (χ3v) is 0.738.